The van der Waals surface area contributed by atoms with Crippen LogP contribution in [0, 0.1) is 0 Å². The number of hydrogen-bond donors (Lipinski definition) is 0. The molecule has 0 aliphatic heterocycles. The highest BCUT2D eigenvalue weighted by atomic mass is 32.1. The summed E-state index contributed by atoms with van der Waals surface area (Å²) >= 11 is 1.63. The molecular formula is C10H12O2S. The van der Waals surface area contributed by atoms with Crippen LogP contribution in [0.5, 0.6) is 0 Å². The van der Waals surface area contributed by atoms with Gasteiger partial charge in [-0.1, -0.05) is 6.92 Å². The molecule has 0 fully saturated rings. The zero-order valence-electron chi connectivity index (χ0n) is 7.74. The van der Waals surface area contributed by atoms with Crippen molar-refractivity contribution < 1.29 is 9.53 Å². The van der Waals surface area contributed by atoms with Crippen LogP contribution in [0.3, 0.4) is 0 Å². The molecule has 1 aromatic heterocycles. The Hall–Kier alpha value is -1.09. The summed E-state index contributed by atoms with van der Waals surface area (Å²) in [5.41, 5.74) is 1.30. The first kappa shape index (κ1) is 9.99. The second kappa shape index (κ2) is 4.82. The normalized spacial score (nSPS) is 10.6. The molecule has 0 spiro atoms. The van der Waals surface area contributed by atoms with Crippen molar-refractivity contribution in [1.29, 1.82) is 0 Å². The topological polar surface area (TPSA) is 26.3 Å². The highest BCUT2D eigenvalue weighted by Gasteiger charge is 1.95. The van der Waals surface area contributed by atoms with E-state index in [1.54, 1.807) is 17.4 Å². The summed E-state index contributed by atoms with van der Waals surface area (Å²) in [6.07, 6.45) is 4.24. The predicted molar refractivity (Wildman–Crippen MR) is 54.7 cm³/mol. The van der Waals surface area contributed by atoms with Gasteiger partial charge in [0, 0.05) is 11.0 Å². The number of ether oxygens (including phenoxy) is 1. The van der Waals surface area contributed by atoms with Gasteiger partial charge >= 0.3 is 5.97 Å². The number of aryl methyl sites for hydroxylation is 1. The highest BCUT2D eigenvalue weighted by molar-refractivity contribution is 7.11. The smallest absolute Gasteiger partial charge is 0.330 e. The van der Waals surface area contributed by atoms with E-state index in [2.05, 4.69) is 23.1 Å². The van der Waals surface area contributed by atoms with Crippen molar-refractivity contribution in [2.75, 3.05) is 7.11 Å². The zero-order valence-corrected chi connectivity index (χ0v) is 8.56. The minimum absolute atomic E-state index is 0.313. The van der Waals surface area contributed by atoms with Gasteiger partial charge in [0.2, 0.25) is 0 Å². The van der Waals surface area contributed by atoms with Gasteiger partial charge in [0.1, 0.15) is 0 Å². The largest absolute Gasteiger partial charge is 0.466 e. The van der Waals surface area contributed by atoms with Crippen LogP contribution in [0.25, 0.3) is 6.08 Å². The molecule has 0 aromatic carbocycles. The Bertz CT molecular complexity index is 312. The fraction of sp³-hybridized carbons (Fsp3) is 0.300. The molecule has 13 heavy (non-hydrogen) atoms. The van der Waals surface area contributed by atoms with Crippen molar-refractivity contribution >= 4 is 23.4 Å². The van der Waals surface area contributed by atoms with Crippen LogP contribution in [0.2, 0.25) is 0 Å². The summed E-state index contributed by atoms with van der Waals surface area (Å²) in [6.45, 7) is 2.11. The zero-order chi connectivity index (χ0) is 9.68. The van der Waals surface area contributed by atoms with Gasteiger partial charge in [-0.05, 0) is 29.5 Å². The van der Waals surface area contributed by atoms with Crippen molar-refractivity contribution in [3.05, 3.63) is 28.0 Å². The third-order valence-corrected chi connectivity index (χ3v) is 2.61. The van der Waals surface area contributed by atoms with Gasteiger partial charge in [-0.2, -0.15) is 0 Å². The first-order valence-corrected chi connectivity index (χ1v) is 4.97. The molecule has 0 bridgehead atoms. The Labute approximate surface area is 81.8 Å². The lowest BCUT2D eigenvalue weighted by Gasteiger charge is -1.87. The lowest BCUT2D eigenvalue weighted by molar-refractivity contribution is -0.134. The molecule has 2 nitrogen and oxygen atoms in total. The molecule has 0 unspecified atom stereocenters. The second-order valence-corrected chi connectivity index (χ2v) is 3.51. The van der Waals surface area contributed by atoms with Crippen LogP contribution >= 0.6 is 11.3 Å². The van der Waals surface area contributed by atoms with Crippen LogP contribution in [0.4, 0.5) is 0 Å². The number of carbonyl (C=O) groups excluding carboxylic acids is 1. The quantitative estimate of drug-likeness (QED) is 0.548. The number of methoxy groups -OCH3 is 1. The second-order valence-electron chi connectivity index (χ2n) is 2.57. The highest BCUT2D eigenvalue weighted by Crippen LogP contribution is 2.16. The average Bonchev–Trinajstić information content (AvgIpc) is 2.61. The number of esters is 1. The molecule has 0 amide bonds. The molecule has 0 N–H and O–H groups in total. The van der Waals surface area contributed by atoms with Crippen molar-refractivity contribution in [2.24, 2.45) is 0 Å². The predicted octanol–water partition coefficient (Wildman–Crippen LogP) is 2.50. The molecular weight excluding hydrogens is 184 g/mol. The fourth-order valence-corrected chi connectivity index (χ4v) is 1.77. The molecule has 0 aliphatic rings. The van der Waals surface area contributed by atoms with Crippen LogP contribution < -0.4 is 0 Å². The number of hydrogen-bond acceptors (Lipinski definition) is 3. The number of thiophene rings is 1. The van der Waals surface area contributed by atoms with Crippen molar-refractivity contribution in [1.82, 2.24) is 0 Å². The van der Waals surface area contributed by atoms with Crippen molar-refractivity contribution in [2.45, 2.75) is 13.3 Å². The molecule has 0 saturated heterocycles. The number of carbonyl (C=O) groups is 1. The first-order valence-electron chi connectivity index (χ1n) is 4.09. The van der Waals surface area contributed by atoms with E-state index in [4.69, 9.17) is 0 Å². The molecule has 1 aromatic rings. The molecule has 1 heterocycles. The van der Waals surface area contributed by atoms with Crippen LogP contribution in [-0.2, 0) is 16.0 Å². The van der Waals surface area contributed by atoms with E-state index in [0.29, 0.717) is 0 Å². The molecule has 1 rings (SSSR count). The van der Waals surface area contributed by atoms with Gasteiger partial charge in [-0.3, -0.25) is 0 Å². The summed E-state index contributed by atoms with van der Waals surface area (Å²) in [7, 11) is 1.37. The van der Waals surface area contributed by atoms with Gasteiger partial charge in [-0.15, -0.1) is 11.3 Å². The SMILES string of the molecule is CCc1csc(/C=C/C(=O)OC)c1. The van der Waals surface area contributed by atoms with Gasteiger partial charge in [0.05, 0.1) is 7.11 Å². The minimum Gasteiger partial charge on any atom is -0.466 e. The molecule has 0 saturated carbocycles. The standard InChI is InChI=1S/C10H12O2S/c1-3-8-6-9(13-7-8)4-5-10(11)12-2/h4-7H,3H2,1-2H3/b5-4+. The van der Waals surface area contributed by atoms with Gasteiger partial charge in [0.15, 0.2) is 0 Å². The van der Waals surface area contributed by atoms with Crippen LogP contribution in [0.1, 0.15) is 17.4 Å². The third-order valence-electron chi connectivity index (χ3n) is 1.67. The molecule has 70 valence electrons. The van der Waals surface area contributed by atoms with Crippen molar-refractivity contribution in [3.8, 4) is 0 Å². The van der Waals surface area contributed by atoms with Crippen molar-refractivity contribution in [3.63, 3.8) is 0 Å². The fourth-order valence-electron chi connectivity index (χ4n) is 0.886. The minimum atomic E-state index is -0.313. The molecule has 0 aliphatic carbocycles. The van der Waals surface area contributed by atoms with E-state index in [1.807, 2.05) is 0 Å². The van der Waals surface area contributed by atoms with E-state index in [-0.39, 0.29) is 5.97 Å². The summed E-state index contributed by atoms with van der Waals surface area (Å²) < 4.78 is 4.48. The first-order chi connectivity index (χ1) is 6.26. The molecule has 0 radical (unpaired) electrons. The van der Waals surface area contributed by atoms with E-state index in [0.717, 1.165) is 11.3 Å². The molecule has 3 heteroatoms. The Morgan fingerprint density at radius 1 is 1.69 bits per heavy atom. The number of rotatable bonds is 3. The van der Waals surface area contributed by atoms with E-state index in [1.165, 1.54) is 18.7 Å². The lowest BCUT2D eigenvalue weighted by Crippen LogP contribution is -1.92. The monoisotopic (exact) mass is 196 g/mol. The maximum absolute atomic E-state index is 10.8. The Morgan fingerprint density at radius 2 is 2.46 bits per heavy atom. The van der Waals surface area contributed by atoms with Crippen LogP contribution in [-0.4, -0.2) is 13.1 Å². The summed E-state index contributed by atoms with van der Waals surface area (Å²) in [4.78, 5) is 11.8. The third kappa shape index (κ3) is 3.03. The average molecular weight is 196 g/mol. The Kier molecular flexibility index (Phi) is 3.71. The van der Waals surface area contributed by atoms with Gasteiger partial charge in [-0.25, -0.2) is 4.79 Å². The maximum Gasteiger partial charge on any atom is 0.330 e. The summed E-state index contributed by atoms with van der Waals surface area (Å²) in [5.74, 6) is -0.313. The van der Waals surface area contributed by atoms with E-state index >= 15 is 0 Å². The van der Waals surface area contributed by atoms with E-state index in [9.17, 15) is 4.79 Å². The molecule has 0 atom stereocenters. The Balaban J connectivity index is 2.63. The lowest BCUT2D eigenvalue weighted by atomic mass is 10.2. The van der Waals surface area contributed by atoms with Gasteiger partial charge in [0.25, 0.3) is 0 Å². The van der Waals surface area contributed by atoms with E-state index < -0.39 is 0 Å². The summed E-state index contributed by atoms with van der Waals surface area (Å²) in [5, 5.41) is 2.09. The van der Waals surface area contributed by atoms with Crippen LogP contribution in [0.15, 0.2) is 17.5 Å². The summed E-state index contributed by atoms with van der Waals surface area (Å²) in [6, 6.07) is 2.07. The Morgan fingerprint density at radius 3 is 3.00 bits per heavy atom. The van der Waals surface area contributed by atoms with Gasteiger partial charge < -0.3 is 4.74 Å². The maximum atomic E-state index is 10.8.